The molecule has 20 heavy (non-hydrogen) atoms. The number of hydrogen-bond donors (Lipinski definition) is 2. The van der Waals surface area contributed by atoms with Gasteiger partial charge in [0.15, 0.2) is 0 Å². The molecular formula is C15H19N3OS. The molecule has 0 aliphatic carbocycles. The number of aromatic nitrogens is 1. The zero-order chi connectivity index (χ0) is 14.4. The summed E-state index contributed by atoms with van der Waals surface area (Å²) in [5.41, 5.74) is 1.32. The number of nitrogens with zero attached hydrogens (tertiary/aromatic N) is 1. The summed E-state index contributed by atoms with van der Waals surface area (Å²) in [6.45, 7) is 2.12. The number of carbonyl (C=O) groups is 1. The van der Waals surface area contributed by atoms with Gasteiger partial charge < -0.3 is 10.6 Å². The standard InChI is InChI=1S/C15H19N3OS/c1-3-5-12(14-6-4-9-20-14)18-15(19)13-10-11(16-2)7-8-17-13/h4,6-10,12H,3,5H2,1-2H3,(H,16,17)(H,18,19). The van der Waals surface area contributed by atoms with Gasteiger partial charge in [-0.15, -0.1) is 11.3 Å². The van der Waals surface area contributed by atoms with Crippen LogP contribution in [0.2, 0.25) is 0 Å². The van der Waals surface area contributed by atoms with Crippen LogP contribution in [0.5, 0.6) is 0 Å². The zero-order valence-corrected chi connectivity index (χ0v) is 12.5. The quantitative estimate of drug-likeness (QED) is 0.856. The van der Waals surface area contributed by atoms with Crippen molar-refractivity contribution in [2.75, 3.05) is 12.4 Å². The van der Waals surface area contributed by atoms with Gasteiger partial charge in [-0.3, -0.25) is 9.78 Å². The maximum atomic E-state index is 12.3. The van der Waals surface area contributed by atoms with Crippen LogP contribution in [-0.2, 0) is 0 Å². The molecule has 0 aliphatic rings. The molecule has 2 rings (SSSR count). The Morgan fingerprint density at radius 1 is 1.45 bits per heavy atom. The van der Waals surface area contributed by atoms with E-state index in [1.54, 1.807) is 23.6 Å². The number of hydrogen-bond acceptors (Lipinski definition) is 4. The van der Waals surface area contributed by atoms with Crippen LogP contribution in [0.15, 0.2) is 35.8 Å². The van der Waals surface area contributed by atoms with Crippen molar-refractivity contribution in [1.82, 2.24) is 10.3 Å². The number of amides is 1. The van der Waals surface area contributed by atoms with Crippen molar-refractivity contribution in [3.8, 4) is 0 Å². The summed E-state index contributed by atoms with van der Waals surface area (Å²) in [7, 11) is 1.82. The Bertz CT molecular complexity index is 554. The lowest BCUT2D eigenvalue weighted by Crippen LogP contribution is -2.28. The van der Waals surface area contributed by atoms with E-state index in [-0.39, 0.29) is 11.9 Å². The second kappa shape index (κ2) is 7.05. The molecule has 2 N–H and O–H groups in total. The fourth-order valence-electron chi connectivity index (χ4n) is 2.01. The van der Waals surface area contributed by atoms with Crippen molar-refractivity contribution in [3.05, 3.63) is 46.4 Å². The summed E-state index contributed by atoms with van der Waals surface area (Å²) >= 11 is 1.67. The molecule has 2 heterocycles. The van der Waals surface area contributed by atoms with Gasteiger partial charge in [0, 0.05) is 23.8 Å². The molecule has 1 amide bonds. The van der Waals surface area contributed by atoms with Gasteiger partial charge in [0.2, 0.25) is 0 Å². The first kappa shape index (κ1) is 14.5. The van der Waals surface area contributed by atoms with Gasteiger partial charge in [-0.1, -0.05) is 19.4 Å². The van der Waals surface area contributed by atoms with Crippen LogP contribution in [0, 0.1) is 0 Å². The number of carbonyl (C=O) groups excluding carboxylic acids is 1. The van der Waals surface area contributed by atoms with Gasteiger partial charge in [-0.2, -0.15) is 0 Å². The summed E-state index contributed by atoms with van der Waals surface area (Å²) < 4.78 is 0. The lowest BCUT2D eigenvalue weighted by molar-refractivity contribution is 0.0930. The predicted molar refractivity (Wildman–Crippen MR) is 83.2 cm³/mol. The van der Waals surface area contributed by atoms with E-state index in [0.29, 0.717) is 5.69 Å². The van der Waals surface area contributed by atoms with Crippen LogP contribution in [0.25, 0.3) is 0 Å². The molecule has 5 heteroatoms. The molecule has 0 spiro atoms. The molecule has 0 saturated carbocycles. The SMILES string of the molecule is CCCC(NC(=O)c1cc(NC)ccn1)c1cccs1. The van der Waals surface area contributed by atoms with E-state index in [0.717, 1.165) is 18.5 Å². The van der Waals surface area contributed by atoms with E-state index in [2.05, 4.69) is 28.6 Å². The van der Waals surface area contributed by atoms with Crippen LogP contribution in [-0.4, -0.2) is 17.9 Å². The normalized spacial score (nSPS) is 11.9. The number of pyridine rings is 1. The summed E-state index contributed by atoms with van der Waals surface area (Å²) in [5, 5.41) is 8.11. The second-order valence-corrected chi connectivity index (χ2v) is 5.49. The van der Waals surface area contributed by atoms with Gasteiger partial charge in [0.1, 0.15) is 5.69 Å². The molecule has 0 aliphatic heterocycles. The third kappa shape index (κ3) is 3.57. The van der Waals surface area contributed by atoms with Crippen molar-refractivity contribution in [3.63, 3.8) is 0 Å². The van der Waals surface area contributed by atoms with Crippen molar-refractivity contribution >= 4 is 22.9 Å². The average molecular weight is 289 g/mol. The van der Waals surface area contributed by atoms with Crippen LogP contribution in [0.1, 0.15) is 41.2 Å². The largest absolute Gasteiger partial charge is 0.388 e. The first-order chi connectivity index (χ1) is 9.74. The van der Waals surface area contributed by atoms with Gasteiger partial charge in [0.25, 0.3) is 5.91 Å². The first-order valence-electron chi connectivity index (χ1n) is 6.72. The van der Waals surface area contributed by atoms with E-state index in [9.17, 15) is 4.79 Å². The average Bonchev–Trinajstić information content (AvgIpc) is 3.01. The van der Waals surface area contributed by atoms with Crippen LogP contribution >= 0.6 is 11.3 Å². The minimum atomic E-state index is -0.131. The molecule has 1 atom stereocenters. The summed E-state index contributed by atoms with van der Waals surface area (Å²) in [4.78, 5) is 17.6. The van der Waals surface area contributed by atoms with Crippen LogP contribution < -0.4 is 10.6 Å². The molecule has 1 unspecified atom stereocenters. The Morgan fingerprint density at radius 2 is 2.30 bits per heavy atom. The Balaban J connectivity index is 2.11. The van der Waals surface area contributed by atoms with Crippen LogP contribution in [0.4, 0.5) is 5.69 Å². The van der Waals surface area contributed by atoms with Gasteiger partial charge >= 0.3 is 0 Å². The van der Waals surface area contributed by atoms with Gasteiger partial charge in [0.05, 0.1) is 6.04 Å². The number of rotatable bonds is 6. The van der Waals surface area contributed by atoms with E-state index in [1.807, 2.05) is 24.6 Å². The maximum absolute atomic E-state index is 12.3. The summed E-state index contributed by atoms with van der Waals surface area (Å²) in [6.07, 6.45) is 3.59. The molecule has 2 aromatic heterocycles. The molecule has 4 nitrogen and oxygen atoms in total. The third-order valence-electron chi connectivity index (χ3n) is 3.05. The molecule has 0 saturated heterocycles. The van der Waals surface area contributed by atoms with Gasteiger partial charge in [-0.25, -0.2) is 0 Å². The topological polar surface area (TPSA) is 54.0 Å². The molecule has 0 bridgehead atoms. The molecular weight excluding hydrogens is 270 g/mol. The second-order valence-electron chi connectivity index (χ2n) is 4.51. The van der Waals surface area contributed by atoms with E-state index < -0.39 is 0 Å². The maximum Gasteiger partial charge on any atom is 0.270 e. The molecule has 0 aromatic carbocycles. The van der Waals surface area contributed by atoms with Crippen LogP contribution in [0.3, 0.4) is 0 Å². The highest BCUT2D eigenvalue weighted by Crippen LogP contribution is 2.23. The highest BCUT2D eigenvalue weighted by molar-refractivity contribution is 7.10. The summed E-state index contributed by atoms with van der Waals surface area (Å²) in [6, 6.07) is 7.72. The first-order valence-corrected chi connectivity index (χ1v) is 7.60. The Kier molecular flexibility index (Phi) is 5.12. The van der Waals surface area contributed by atoms with Crippen molar-refractivity contribution < 1.29 is 4.79 Å². The smallest absolute Gasteiger partial charge is 0.270 e. The van der Waals surface area contributed by atoms with E-state index >= 15 is 0 Å². The minimum absolute atomic E-state index is 0.0625. The van der Waals surface area contributed by atoms with Crippen molar-refractivity contribution in [2.45, 2.75) is 25.8 Å². The highest BCUT2D eigenvalue weighted by atomic mass is 32.1. The van der Waals surface area contributed by atoms with E-state index in [1.165, 1.54) is 4.88 Å². The minimum Gasteiger partial charge on any atom is -0.388 e. The lowest BCUT2D eigenvalue weighted by atomic mass is 10.1. The molecule has 2 aromatic rings. The molecule has 106 valence electrons. The highest BCUT2D eigenvalue weighted by Gasteiger charge is 2.16. The Morgan fingerprint density at radius 3 is 2.95 bits per heavy atom. The fourth-order valence-corrected chi connectivity index (χ4v) is 2.82. The van der Waals surface area contributed by atoms with Crippen molar-refractivity contribution in [1.29, 1.82) is 0 Å². The summed E-state index contributed by atoms with van der Waals surface area (Å²) in [5.74, 6) is -0.131. The third-order valence-corrected chi connectivity index (χ3v) is 4.04. The lowest BCUT2D eigenvalue weighted by Gasteiger charge is -2.16. The molecule has 0 fully saturated rings. The zero-order valence-electron chi connectivity index (χ0n) is 11.7. The molecule has 0 radical (unpaired) electrons. The predicted octanol–water partition coefficient (Wildman–Crippen LogP) is 3.46. The monoisotopic (exact) mass is 289 g/mol. The Hall–Kier alpha value is -1.88. The Labute approximate surface area is 123 Å². The fraction of sp³-hybridized carbons (Fsp3) is 0.333. The number of anilines is 1. The van der Waals surface area contributed by atoms with Crippen molar-refractivity contribution in [2.24, 2.45) is 0 Å². The number of thiophene rings is 1. The van der Waals surface area contributed by atoms with E-state index in [4.69, 9.17) is 0 Å². The van der Waals surface area contributed by atoms with Gasteiger partial charge in [-0.05, 0) is 30.0 Å². The number of nitrogens with one attached hydrogen (secondary N) is 2.